The number of primary amides is 1. The third kappa shape index (κ3) is 2.03. The number of nitrogens with two attached hydrogens (primary N) is 1. The highest BCUT2D eigenvalue weighted by molar-refractivity contribution is 6.00. The monoisotopic (exact) mass is 259 g/mol. The summed E-state index contributed by atoms with van der Waals surface area (Å²) >= 11 is 0. The van der Waals surface area contributed by atoms with E-state index < -0.39 is 11.8 Å². The van der Waals surface area contributed by atoms with Crippen molar-refractivity contribution in [2.75, 3.05) is 6.54 Å². The molecule has 0 aliphatic carbocycles. The molecule has 0 radical (unpaired) electrons. The zero-order valence-electron chi connectivity index (χ0n) is 10.2. The maximum absolute atomic E-state index is 11.9. The van der Waals surface area contributed by atoms with E-state index in [1.54, 1.807) is 23.4 Å². The molecule has 3 N–H and O–H groups in total. The quantitative estimate of drug-likeness (QED) is 0.744. The van der Waals surface area contributed by atoms with Crippen LogP contribution in [0.5, 0.6) is 0 Å². The van der Waals surface area contributed by atoms with Crippen LogP contribution in [0.2, 0.25) is 0 Å². The normalized spacial score (nSPS) is 19.3. The lowest BCUT2D eigenvalue weighted by molar-refractivity contribution is -0.136. The first kappa shape index (κ1) is 11.6. The number of hydrogen-bond acceptors (Lipinski definition) is 4. The number of fused-ring (bicyclic) bond motifs is 1. The third-order valence-electron chi connectivity index (χ3n) is 3.31. The van der Waals surface area contributed by atoms with Crippen LogP contribution in [0.1, 0.15) is 12.2 Å². The number of H-pyrrole nitrogens is 1. The van der Waals surface area contributed by atoms with Gasteiger partial charge in [-0.3, -0.25) is 14.6 Å². The summed E-state index contributed by atoms with van der Waals surface area (Å²) in [5, 5.41) is 0. The summed E-state index contributed by atoms with van der Waals surface area (Å²) in [5.74, 6) is -0.778. The number of nitrogens with zero attached hydrogens (tertiary/aromatic N) is 3. The molecule has 2 aromatic rings. The Labute approximate surface area is 108 Å². The fourth-order valence-electron chi connectivity index (χ4n) is 2.33. The Bertz CT molecular complexity index is 617. The summed E-state index contributed by atoms with van der Waals surface area (Å²) in [6, 6.07) is 1.80. The van der Waals surface area contributed by atoms with Gasteiger partial charge in [-0.1, -0.05) is 0 Å². The highest BCUT2D eigenvalue weighted by atomic mass is 16.2. The van der Waals surface area contributed by atoms with Crippen molar-refractivity contribution >= 4 is 22.8 Å². The number of aromatic nitrogens is 3. The van der Waals surface area contributed by atoms with Crippen LogP contribution in [0.4, 0.5) is 0 Å². The molecule has 1 saturated heterocycles. The lowest BCUT2D eigenvalue weighted by atomic mass is 10.1. The molecule has 1 fully saturated rings. The van der Waals surface area contributed by atoms with Crippen molar-refractivity contribution in [2.24, 2.45) is 11.7 Å². The van der Waals surface area contributed by atoms with Crippen molar-refractivity contribution in [2.45, 2.75) is 13.0 Å². The molecule has 7 heteroatoms. The number of nitrogens with one attached hydrogen (secondary N) is 1. The number of aromatic amines is 1. The van der Waals surface area contributed by atoms with E-state index in [9.17, 15) is 9.59 Å². The van der Waals surface area contributed by atoms with Crippen LogP contribution in [0.25, 0.3) is 11.0 Å². The minimum Gasteiger partial charge on any atom is -0.369 e. The fourth-order valence-corrected chi connectivity index (χ4v) is 2.33. The van der Waals surface area contributed by atoms with Crippen molar-refractivity contribution in [3.05, 3.63) is 24.3 Å². The summed E-state index contributed by atoms with van der Waals surface area (Å²) in [6.07, 6.45) is 3.83. The molecule has 0 bridgehead atoms. The molecule has 1 atom stereocenters. The van der Waals surface area contributed by atoms with Crippen molar-refractivity contribution in [1.82, 2.24) is 19.9 Å². The minimum absolute atomic E-state index is 0.217. The molecule has 0 unspecified atom stereocenters. The van der Waals surface area contributed by atoms with Crippen LogP contribution >= 0.6 is 0 Å². The van der Waals surface area contributed by atoms with Crippen LogP contribution < -0.4 is 5.73 Å². The van der Waals surface area contributed by atoms with Crippen molar-refractivity contribution in [3.8, 4) is 0 Å². The highest BCUT2D eigenvalue weighted by Gasteiger charge is 2.35. The lowest BCUT2D eigenvalue weighted by Crippen LogP contribution is -2.33. The molecule has 1 aliphatic rings. The lowest BCUT2D eigenvalue weighted by Gasteiger charge is -2.14. The predicted molar refractivity (Wildman–Crippen MR) is 66.6 cm³/mol. The van der Waals surface area contributed by atoms with E-state index >= 15 is 0 Å². The Balaban J connectivity index is 1.78. The maximum Gasteiger partial charge on any atom is 0.235 e. The van der Waals surface area contributed by atoms with E-state index in [2.05, 4.69) is 15.0 Å². The maximum atomic E-state index is 11.9. The Hall–Kier alpha value is -2.44. The van der Waals surface area contributed by atoms with Gasteiger partial charge in [0.25, 0.3) is 0 Å². The number of carbonyl (C=O) groups excluding carboxylic acids is 2. The molecule has 19 heavy (non-hydrogen) atoms. The minimum atomic E-state index is -0.689. The average Bonchev–Trinajstić information content (AvgIpc) is 2.94. The molecular formula is C12H13N5O2. The van der Waals surface area contributed by atoms with E-state index in [0.717, 1.165) is 11.0 Å². The number of rotatable bonds is 3. The van der Waals surface area contributed by atoms with Gasteiger partial charge in [0.1, 0.15) is 11.7 Å². The van der Waals surface area contributed by atoms with E-state index in [1.165, 1.54) is 0 Å². The summed E-state index contributed by atoms with van der Waals surface area (Å²) in [7, 11) is 0. The van der Waals surface area contributed by atoms with Crippen LogP contribution in [0.3, 0.4) is 0 Å². The zero-order valence-corrected chi connectivity index (χ0v) is 10.2. The number of carbonyl (C=O) groups is 2. The predicted octanol–water partition coefficient (Wildman–Crippen LogP) is -0.208. The fraction of sp³-hybridized carbons (Fsp3) is 0.333. The van der Waals surface area contributed by atoms with Gasteiger partial charge in [0.2, 0.25) is 11.8 Å². The molecular weight excluding hydrogens is 246 g/mol. The molecule has 7 nitrogen and oxygen atoms in total. The van der Waals surface area contributed by atoms with Crippen LogP contribution in [0.15, 0.2) is 18.5 Å². The van der Waals surface area contributed by atoms with E-state index in [4.69, 9.17) is 5.73 Å². The Morgan fingerprint density at radius 3 is 3.11 bits per heavy atom. The van der Waals surface area contributed by atoms with E-state index in [0.29, 0.717) is 25.3 Å². The van der Waals surface area contributed by atoms with Gasteiger partial charge in [-0.25, -0.2) is 4.98 Å². The van der Waals surface area contributed by atoms with E-state index in [1.807, 2.05) is 0 Å². The highest BCUT2D eigenvalue weighted by Crippen LogP contribution is 2.20. The zero-order chi connectivity index (χ0) is 13.4. The molecule has 2 aromatic heterocycles. The molecule has 98 valence electrons. The number of likely N-dealkylation sites (tertiary alicyclic amines) is 1. The second kappa shape index (κ2) is 4.34. The number of amides is 2. The summed E-state index contributed by atoms with van der Waals surface area (Å²) in [5.41, 5.74) is 6.82. The molecule has 3 rings (SSSR count). The van der Waals surface area contributed by atoms with Gasteiger partial charge in [-0.05, 0) is 12.5 Å². The van der Waals surface area contributed by atoms with Gasteiger partial charge in [-0.2, -0.15) is 0 Å². The van der Waals surface area contributed by atoms with Gasteiger partial charge >= 0.3 is 0 Å². The first-order valence-corrected chi connectivity index (χ1v) is 6.02. The summed E-state index contributed by atoms with van der Waals surface area (Å²) in [4.78, 5) is 36.1. The molecule has 0 saturated carbocycles. The Morgan fingerprint density at radius 1 is 1.58 bits per heavy atom. The van der Waals surface area contributed by atoms with Crippen LogP contribution in [-0.2, 0) is 16.1 Å². The van der Waals surface area contributed by atoms with Gasteiger partial charge in [-0.15, -0.1) is 0 Å². The molecule has 1 aliphatic heterocycles. The Kier molecular flexibility index (Phi) is 2.66. The van der Waals surface area contributed by atoms with Crippen molar-refractivity contribution in [1.29, 1.82) is 0 Å². The van der Waals surface area contributed by atoms with Gasteiger partial charge in [0.05, 0.1) is 23.8 Å². The largest absolute Gasteiger partial charge is 0.369 e. The number of pyridine rings is 1. The SMILES string of the molecule is NC(=O)[C@@H]1CCN(Cc2nc3ccncc3[nH]2)C1=O. The summed E-state index contributed by atoms with van der Waals surface area (Å²) in [6.45, 7) is 0.888. The second-order valence-electron chi connectivity index (χ2n) is 4.58. The van der Waals surface area contributed by atoms with Crippen LogP contribution in [-0.4, -0.2) is 38.2 Å². The van der Waals surface area contributed by atoms with Crippen molar-refractivity contribution in [3.63, 3.8) is 0 Å². The van der Waals surface area contributed by atoms with Crippen LogP contribution in [0, 0.1) is 5.92 Å². The van der Waals surface area contributed by atoms with Gasteiger partial charge in [0, 0.05) is 12.7 Å². The summed E-state index contributed by atoms with van der Waals surface area (Å²) < 4.78 is 0. The second-order valence-corrected chi connectivity index (χ2v) is 4.58. The molecule has 2 amide bonds. The molecule has 0 aromatic carbocycles. The topological polar surface area (TPSA) is 105 Å². The average molecular weight is 259 g/mol. The number of imidazole rings is 1. The number of hydrogen-bond donors (Lipinski definition) is 2. The standard InChI is InChI=1S/C12H13N5O2/c13-11(18)7-2-4-17(12(7)19)6-10-15-8-1-3-14-5-9(8)16-10/h1,3,5,7H,2,4,6H2,(H2,13,18)(H,15,16)/t7-/m0/s1. The van der Waals surface area contributed by atoms with Crippen molar-refractivity contribution < 1.29 is 9.59 Å². The van der Waals surface area contributed by atoms with Gasteiger partial charge in [0.15, 0.2) is 0 Å². The first-order valence-electron chi connectivity index (χ1n) is 6.02. The molecule has 0 spiro atoms. The molecule has 3 heterocycles. The smallest absolute Gasteiger partial charge is 0.235 e. The first-order chi connectivity index (χ1) is 9.15. The van der Waals surface area contributed by atoms with Gasteiger partial charge < -0.3 is 15.6 Å². The third-order valence-corrected chi connectivity index (χ3v) is 3.31. The Morgan fingerprint density at radius 2 is 2.42 bits per heavy atom. The van der Waals surface area contributed by atoms with E-state index in [-0.39, 0.29) is 5.91 Å².